The number of aliphatic hydroxyl groups excluding tert-OH is 8. The molecule has 14 nitrogen and oxygen atoms in total. The van der Waals surface area contributed by atoms with Gasteiger partial charge in [0.05, 0.1) is 32.0 Å². The first kappa shape index (κ1) is 70.3. The molecule has 0 aromatic rings. The van der Waals surface area contributed by atoms with Gasteiger partial charge in [0.2, 0.25) is 5.91 Å². The highest BCUT2D eigenvalue weighted by molar-refractivity contribution is 5.76. The van der Waals surface area contributed by atoms with E-state index in [2.05, 4.69) is 43.5 Å². The summed E-state index contributed by atoms with van der Waals surface area (Å²) in [5.41, 5.74) is 0. The number of carbonyl (C=O) groups excluding carboxylic acids is 1. The van der Waals surface area contributed by atoms with Crippen LogP contribution in [0, 0.1) is 0 Å². The maximum Gasteiger partial charge on any atom is 0.220 e. The Kier molecular flexibility index (Phi) is 44.4. The van der Waals surface area contributed by atoms with Crippen LogP contribution in [-0.4, -0.2) is 140 Å². The van der Waals surface area contributed by atoms with Crippen molar-refractivity contribution in [1.82, 2.24) is 5.32 Å². The molecule has 14 heteroatoms. The number of carbonyl (C=O) groups is 1. The predicted octanol–water partition coefficient (Wildman–Crippen LogP) is 11.0. The Hall–Kier alpha value is -1.79. The van der Waals surface area contributed by atoms with Crippen LogP contribution >= 0.6 is 0 Å². The number of aliphatic hydroxyl groups is 8. The Balaban J connectivity index is 1.65. The second kappa shape index (κ2) is 48.0. The van der Waals surface area contributed by atoms with E-state index in [1.54, 1.807) is 6.08 Å². The largest absolute Gasteiger partial charge is 0.394 e. The lowest BCUT2D eigenvalue weighted by molar-refractivity contribution is -0.359. The van der Waals surface area contributed by atoms with Crippen molar-refractivity contribution in [3.63, 3.8) is 0 Å². The number of amides is 1. The average molecular weight is 1080 g/mol. The van der Waals surface area contributed by atoms with E-state index < -0.39 is 86.8 Å². The van der Waals surface area contributed by atoms with Gasteiger partial charge < -0.3 is 65.1 Å². The minimum atomic E-state index is -1.79. The van der Waals surface area contributed by atoms with Gasteiger partial charge in [0, 0.05) is 6.42 Å². The van der Waals surface area contributed by atoms with Crippen molar-refractivity contribution in [2.45, 2.75) is 331 Å². The number of hydrogen-bond acceptors (Lipinski definition) is 13. The van der Waals surface area contributed by atoms with E-state index in [-0.39, 0.29) is 18.9 Å². The minimum Gasteiger partial charge on any atom is -0.394 e. The highest BCUT2D eigenvalue weighted by Gasteiger charge is 2.51. The number of ether oxygens (including phenoxy) is 4. The van der Waals surface area contributed by atoms with E-state index in [9.17, 15) is 45.6 Å². The summed E-state index contributed by atoms with van der Waals surface area (Å²) in [6.45, 7) is 2.72. The monoisotopic (exact) mass is 1080 g/mol. The molecule has 2 aliphatic rings. The van der Waals surface area contributed by atoms with E-state index >= 15 is 0 Å². The predicted molar refractivity (Wildman–Crippen MR) is 305 cm³/mol. The van der Waals surface area contributed by atoms with E-state index in [0.29, 0.717) is 12.8 Å². The SMILES string of the molecule is CCC/C=C\CCCCCCCC(=O)NC(COC1OC(CO)C(OC2OC(CO)C(O)C(O)C2O)C(O)C1O)C(O)/C=C/CC/C=C/CCCCCCCCCCCCCCCCCCCCCCCCCCCC. The van der Waals surface area contributed by atoms with Crippen LogP contribution in [0.5, 0.6) is 0 Å². The van der Waals surface area contributed by atoms with Gasteiger partial charge in [-0.15, -0.1) is 0 Å². The second-order valence-electron chi connectivity index (χ2n) is 22.2. The highest BCUT2D eigenvalue weighted by atomic mass is 16.7. The molecule has 0 radical (unpaired) electrons. The summed E-state index contributed by atoms with van der Waals surface area (Å²) in [7, 11) is 0. The lowest BCUT2D eigenvalue weighted by Gasteiger charge is -2.46. The molecule has 9 N–H and O–H groups in total. The molecule has 1 amide bonds. The molecule has 2 saturated heterocycles. The number of allylic oxidation sites excluding steroid dienone is 5. The maximum absolute atomic E-state index is 13.2. The maximum atomic E-state index is 13.2. The normalized spacial score (nSPS) is 25.1. The Bertz CT molecular complexity index is 1410. The Labute approximate surface area is 461 Å². The van der Waals surface area contributed by atoms with Crippen LogP contribution in [0.15, 0.2) is 36.5 Å². The van der Waals surface area contributed by atoms with Gasteiger partial charge in [-0.05, 0) is 51.4 Å². The van der Waals surface area contributed by atoms with Gasteiger partial charge in [-0.2, -0.15) is 0 Å². The third-order valence-electron chi connectivity index (χ3n) is 15.3. The number of unbranched alkanes of at least 4 members (excludes halogenated alkanes) is 33. The second-order valence-corrected chi connectivity index (χ2v) is 22.2. The van der Waals surface area contributed by atoms with E-state index in [1.165, 1.54) is 167 Å². The zero-order chi connectivity index (χ0) is 55.3. The van der Waals surface area contributed by atoms with Gasteiger partial charge in [0.15, 0.2) is 12.6 Å². The first-order valence-corrected chi connectivity index (χ1v) is 31.2. The molecule has 12 atom stereocenters. The molecule has 0 aliphatic carbocycles. The van der Waals surface area contributed by atoms with Crippen molar-refractivity contribution in [1.29, 1.82) is 0 Å². The van der Waals surface area contributed by atoms with Crippen LogP contribution in [0.4, 0.5) is 0 Å². The van der Waals surface area contributed by atoms with Crippen molar-refractivity contribution >= 4 is 5.91 Å². The third kappa shape index (κ3) is 33.1. The minimum absolute atomic E-state index is 0.260. The summed E-state index contributed by atoms with van der Waals surface area (Å²) in [6.07, 6.45) is 42.4. The van der Waals surface area contributed by atoms with Crippen LogP contribution in [0.25, 0.3) is 0 Å². The number of rotatable bonds is 50. The third-order valence-corrected chi connectivity index (χ3v) is 15.3. The van der Waals surface area contributed by atoms with Crippen molar-refractivity contribution in [2.75, 3.05) is 19.8 Å². The molecule has 2 aliphatic heterocycles. The lowest BCUT2D eigenvalue weighted by atomic mass is 9.97. The average Bonchev–Trinajstić information content (AvgIpc) is 3.42. The molecular weight excluding hydrogens is 967 g/mol. The topological polar surface area (TPSA) is 228 Å². The zero-order valence-corrected chi connectivity index (χ0v) is 48.0. The van der Waals surface area contributed by atoms with Crippen LogP contribution in [-0.2, 0) is 23.7 Å². The van der Waals surface area contributed by atoms with Crippen molar-refractivity contribution in [2.24, 2.45) is 0 Å². The Morgan fingerprint density at radius 1 is 0.461 bits per heavy atom. The first-order chi connectivity index (χ1) is 37.1. The van der Waals surface area contributed by atoms with Gasteiger partial charge in [0.1, 0.15) is 48.8 Å². The number of hydrogen-bond donors (Lipinski definition) is 9. The fraction of sp³-hybridized carbons (Fsp3) is 0.887. The Morgan fingerprint density at radius 3 is 1.34 bits per heavy atom. The summed E-state index contributed by atoms with van der Waals surface area (Å²) in [4.78, 5) is 13.2. The lowest BCUT2D eigenvalue weighted by Crippen LogP contribution is -2.65. The summed E-state index contributed by atoms with van der Waals surface area (Å²) in [5.74, 6) is -0.260. The van der Waals surface area contributed by atoms with E-state index in [4.69, 9.17) is 18.9 Å². The summed E-state index contributed by atoms with van der Waals surface area (Å²) in [5, 5.41) is 86.9. The molecule has 446 valence electrons. The molecule has 0 aromatic heterocycles. The van der Waals surface area contributed by atoms with Gasteiger partial charge in [-0.1, -0.05) is 237 Å². The van der Waals surface area contributed by atoms with E-state index in [1.807, 2.05) is 6.08 Å². The van der Waals surface area contributed by atoms with Crippen LogP contribution in [0.3, 0.4) is 0 Å². The van der Waals surface area contributed by atoms with Crippen molar-refractivity contribution in [3.05, 3.63) is 36.5 Å². The van der Waals surface area contributed by atoms with E-state index in [0.717, 1.165) is 57.8 Å². The first-order valence-electron chi connectivity index (χ1n) is 31.2. The molecule has 0 aromatic carbocycles. The van der Waals surface area contributed by atoms with Crippen LogP contribution in [0.1, 0.15) is 258 Å². The summed E-state index contributed by atoms with van der Waals surface area (Å²) in [6, 6.07) is -0.934. The van der Waals surface area contributed by atoms with Crippen LogP contribution < -0.4 is 5.32 Å². The van der Waals surface area contributed by atoms with Crippen molar-refractivity contribution < 1.29 is 64.6 Å². The molecule has 76 heavy (non-hydrogen) atoms. The fourth-order valence-corrected chi connectivity index (χ4v) is 10.3. The molecular formula is C62H115NO13. The number of nitrogens with one attached hydrogen (secondary N) is 1. The molecule has 2 heterocycles. The highest BCUT2D eigenvalue weighted by Crippen LogP contribution is 2.30. The zero-order valence-electron chi connectivity index (χ0n) is 48.0. The molecule has 2 fully saturated rings. The van der Waals surface area contributed by atoms with Crippen LogP contribution in [0.2, 0.25) is 0 Å². The molecule has 12 unspecified atom stereocenters. The van der Waals surface area contributed by atoms with Gasteiger partial charge in [-0.25, -0.2) is 0 Å². The standard InChI is InChI=1S/C62H115NO13/c1-3-5-7-9-11-13-15-16-17-18-19-20-21-22-23-24-25-26-27-28-29-30-31-32-33-34-35-36-37-39-41-43-45-51(66)50(63-54(67)46-44-42-40-38-14-12-10-8-6-4-2)49-73-61-59(72)57(70)60(53(48-65)75-61)76-62-58(71)56(69)55(68)52(47-64)74-62/h8,10,36-37,43,45,50-53,55-62,64-66,68-72H,3-7,9,11-35,38-42,44,46-49H2,1-2H3,(H,63,67)/b10-8-,37-36+,45-43+. The van der Waals surface area contributed by atoms with Gasteiger partial charge in [-0.3, -0.25) is 4.79 Å². The summed E-state index contributed by atoms with van der Waals surface area (Å²) >= 11 is 0. The summed E-state index contributed by atoms with van der Waals surface area (Å²) < 4.78 is 22.7. The fourth-order valence-electron chi connectivity index (χ4n) is 10.3. The van der Waals surface area contributed by atoms with Crippen molar-refractivity contribution in [3.8, 4) is 0 Å². The molecule has 0 saturated carbocycles. The van der Waals surface area contributed by atoms with Gasteiger partial charge in [0.25, 0.3) is 0 Å². The van der Waals surface area contributed by atoms with Gasteiger partial charge >= 0.3 is 0 Å². The molecule has 2 rings (SSSR count). The smallest absolute Gasteiger partial charge is 0.220 e. The molecule has 0 bridgehead atoms. The quantitative estimate of drug-likeness (QED) is 0.0204. The Morgan fingerprint density at radius 2 is 0.868 bits per heavy atom. The molecule has 0 spiro atoms.